The van der Waals surface area contributed by atoms with E-state index in [1.54, 1.807) is 0 Å². The Balaban J connectivity index is 1.34. The zero-order valence-corrected chi connectivity index (χ0v) is 47.7. The van der Waals surface area contributed by atoms with Gasteiger partial charge in [-0.25, -0.2) is 0 Å². The van der Waals surface area contributed by atoms with E-state index in [2.05, 4.69) is 155 Å². The highest BCUT2D eigenvalue weighted by Crippen LogP contribution is 2.56. The van der Waals surface area contributed by atoms with E-state index >= 15 is 9.59 Å². The van der Waals surface area contributed by atoms with Gasteiger partial charge in [-0.15, -0.1) is 0 Å². The van der Waals surface area contributed by atoms with Gasteiger partial charge in [0, 0.05) is 88.3 Å². The summed E-state index contributed by atoms with van der Waals surface area (Å²) in [6, 6.07) is 32.8. The molecule has 0 aromatic heterocycles. The van der Waals surface area contributed by atoms with Crippen molar-refractivity contribution < 1.29 is 28.5 Å². The first-order valence-corrected chi connectivity index (χ1v) is 29.1. The predicted octanol–water partition coefficient (Wildman–Crippen LogP) is 16.7. The lowest BCUT2D eigenvalue weighted by Gasteiger charge is -2.49. The molecule has 4 aliphatic rings. The molecular weight excluding hydrogens is 995 g/mol. The van der Waals surface area contributed by atoms with E-state index in [0.717, 1.165) is 157 Å². The minimum Gasteiger partial charge on any atom is -0.493 e. The summed E-state index contributed by atoms with van der Waals surface area (Å²) in [4.78, 5) is 32.6. The number of halogens is 1. The molecule has 5 aromatic carbocycles. The summed E-state index contributed by atoms with van der Waals surface area (Å²) in [6.07, 6.45) is 12.4. The molecule has 0 amide bonds. The van der Waals surface area contributed by atoms with E-state index in [-0.39, 0.29) is 22.4 Å². The van der Waals surface area contributed by atoms with Gasteiger partial charge in [0.05, 0.1) is 26.4 Å². The van der Waals surface area contributed by atoms with Gasteiger partial charge in [0.15, 0.2) is 11.6 Å². The van der Waals surface area contributed by atoms with Crippen molar-refractivity contribution in [3.05, 3.63) is 168 Å². The normalized spacial score (nSPS) is 17.2. The summed E-state index contributed by atoms with van der Waals surface area (Å²) in [5.74, 6) is 3.43. The SMILES string of the molecule is CCCCOc1c2cccc1Cc1cccc(c1OCCCC)Cc1cc(N3C4=C(C(=O)CC(C)(C)C4)C(c4ccc(Br)cc4)C4=C3CC(C)(C)CC4=O)cc(c1OCCCC)Cc1cccc(c1OCCCC)C2. The van der Waals surface area contributed by atoms with Crippen LogP contribution in [0.3, 0.4) is 0 Å². The van der Waals surface area contributed by atoms with Gasteiger partial charge in [-0.3, -0.25) is 9.59 Å². The number of hydrogen-bond acceptors (Lipinski definition) is 7. The molecule has 7 nitrogen and oxygen atoms in total. The van der Waals surface area contributed by atoms with Gasteiger partial charge in [-0.1, -0.05) is 164 Å². The van der Waals surface area contributed by atoms with Crippen LogP contribution in [0.15, 0.2) is 118 Å². The number of carbonyl (C=O) groups excluding carboxylic acids is 2. The number of anilines is 1. The monoisotopic (exact) mass is 1070 g/mol. The molecule has 0 saturated heterocycles. The zero-order chi connectivity index (χ0) is 52.9. The van der Waals surface area contributed by atoms with Crippen molar-refractivity contribution >= 4 is 33.2 Å². The number of allylic oxidation sites excluding steroid dienone is 4. The summed E-state index contributed by atoms with van der Waals surface area (Å²) in [6.45, 7) is 20.1. The number of Topliss-reactive ketones (excluding diaryl/α,β-unsaturated/α-hetero) is 2. The molecule has 5 aromatic rings. The van der Waals surface area contributed by atoms with E-state index < -0.39 is 5.92 Å². The first kappa shape index (κ1) is 54.2. The minimum atomic E-state index is -0.450. The lowest BCUT2D eigenvalue weighted by molar-refractivity contribution is -0.119. The van der Waals surface area contributed by atoms with Crippen LogP contribution in [-0.4, -0.2) is 38.0 Å². The molecule has 0 unspecified atom stereocenters. The minimum absolute atomic E-state index is 0.116. The molecule has 396 valence electrons. The van der Waals surface area contributed by atoms with Gasteiger partial charge in [-0.2, -0.15) is 0 Å². The van der Waals surface area contributed by atoms with Crippen LogP contribution in [0.5, 0.6) is 23.0 Å². The Morgan fingerprint density at radius 3 is 1.12 bits per heavy atom. The summed E-state index contributed by atoms with van der Waals surface area (Å²) < 4.78 is 28.9. The second-order valence-electron chi connectivity index (χ2n) is 23.2. The molecule has 1 aliphatic heterocycles. The number of carbonyl (C=O) groups is 2. The molecule has 8 heteroatoms. The van der Waals surface area contributed by atoms with Gasteiger partial charge in [0.1, 0.15) is 23.0 Å². The molecule has 0 atom stereocenters. The third-order valence-corrected chi connectivity index (χ3v) is 16.2. The highest BCUT2D eigenvalue weighted by Gasteiger charge is 2.49. The fourth-order valence-corrected chi connectivity index (χ4v) is 12.2. The summed E-state index contributed by atoms with van der Waals surface area (Å²) in [5.41, 5.74) is 13.6. The number of ketones is 2. The number of rotatable bonds is 18. The Kier molecular flexibility index (Phi) is 17.2. The highest BCUT2D eigenvalue weighted by atomic mass is 79.9. The predicted molar refractivity (Wildman–Crippen MR) is 308 cm³/mol. The molecule has 8 bridgehead atoms. The third-order valence-electron chi connectivity index (χ3n) is 15.6. The van der Waals surface area contributed by atoms with Gasteiger partial charge in [0.25, 0.3) is 0 Å². The summed E-state index contributed by atoms with van der Waals surface area (Å²) in [7, 11) is 0. The van der Waals surface area contributed by atoms with Crippen LogP contribution >= 0.6 is 15.9 Å². The lowest BCUT2D eigenvalue weighted by atomic mass is 9.63. The smallest absolute Gasteiger partial charge is 0.162 e. The van der Waals surface area contributed by atoms with Crippen molar-refractivity contribution in [2.75, 3.05) is 31.3 Å². The van der Waals surface area contributed by atoms with E-state index in [0.29, 0.717) is 77.8 Å². The first-order valence-electron chi connectivity index (χ1n) is 28.3. The van der Waals surface area contributed by atoms with Gasteiger partial charge in [0.2, 0.25) is 0 Å². The number of ether oxygens (including phenoxy) is 4. The van der Waals surface area contributed by atoms with Crippen LogP contribution in [0.1, 0.15) is 188 Å². The Bertz CT molecular complexity index is 2800. The maximum Gasteiger partial charge on any atom is 0.162 e. The second-order valence-corrected chi connectivity index (χ2v) is 24.2. The van der Waals surface area contributed by atoms with Crippen LogP contribution < -0.4 is 23.8 Å². The Labute approximate surface area is 456 Å². The maximum atomic E-state index is 15.1. The van der Waals surface area contributed by atoms with Crippen molar-refractivity contribution in [3.63, 3.8) is 0 Å². The zero-order valence-electron chi connectivity index (χ0n) is 46.2. The number of fused-ring (bicyclic) bond motifs is 8. The fourth-order valence-electron chi connectivity index (χ4n) is 12.0. The topological polar surface area (TPSA) is 74.3 Å². The summed E-state index contributed by atoms with van der Waals surface area (Å²) in [5, 5.41) is 0. The molecule has 0 radical (unpaired) electrons. The third kappa shape index (κ3) is 12.0. The average Bonchev–Trinajstić information content (AvgIpc) is 3.37. The Morgan fingerprint density at radius 2 is 0.787 bits per heavy atom. The highest BCUT2D eigenvalue weighted by molar-refractivity contribution is 9.10. The number of unbranched alkanes of at least 4 members (excludes halogenated alkanes) is 4. The lowest BCUT2D eigenvalue weighted by Crippen LogP contribution is -2.44. The molecule has 9 rings (SSSR count). The van der Waals surface area contributed by atoms with Crippen LogP contribution in [0.25, 0.3) is 0 Å². The van der Waals surface area contributed by atoms with Crippen LogP contribution in [0.4, 0.5) is 5.69 Å². The van der Waals surface area contributed by atoms with E-state index in [4.69, 9.17) is 18.9 Å². The van der Waals surface area contributed by atoms with E-state index in [1.807, 2.05) is 12.1 Å². The molecule has 0 fully saturated rings. The fraction of sp³-hybridized carbons (Fsp3) is 0.463. The van der Waals surface area contributed by atoms with Crippen molar-refractivity contribution in [1.29, 1.82) is 0 Å². The molecular formula is C67H80BrNO6. The largest absolute Gasteiger partial charge is 0.493 e. The number of nitrogens with zero attached hydrogens (tertiary/aromatic N) is 1. The molecule has 0 saturated carbocycles. The Hall–Kier alpha value is -5.60. The van der Waals surface area contributed by atoms with Crippen molar-refractivity contribution in [2.45, 2.75) is 164 Å². The van der Waals surface area contributed by atoms with Crippen LogP contribution in [0, 0.1) is 10.8 Å². The van der Waals surface area contributed by atoms with Crippen LogP contribution in [-0.2, 0) is 35.3 Å². The van der Waals surface area contributed by atoms with Crippen molar-refractivity contribution in [3.8, 4) is 23.0 Å². The van der Waals surface area contributed by atoms with Gasteiger partial charge in [-0.05, 0) is 113 Å². The van der Waals surface area contributed by atoms with E-state index in [1.165, 1.54) is 0 Å². The Morgan fingerprint density at radius 1 is 0.467 bits per heavy atom. The average molecular weight is 1080 g/mol. The molecule has 0 spiro atoms. The standard InChI is InChI=1S/C67H80BrNO6/c1-9-13-30-72-62-45-20-17-21-46(62)35-48-23-19-25-50(64(48)74-32-15-11-3)37-52-39-54(38-51(65(52)75-33-16-12-4)36-49-24-18-22-47(34-45)63(49)73-31-14-10-2)69-55-40-66(5,6)42-57(70)60(55)59(44-26-28-53(68)29-27-44)61-56(69)41-67(7,8)43-58(61)71/h17-29,38-39,59H,9-16,30-37,40-43H2,1-8H3. The van der Waals surface area contributed by atoms with Gasteiger partial charge < -0.3 is 23.8 Å². The van der Waals surface area contributed by atoms with E-state index in [9.17, 15) is 0 Å². The second kappa shape index (κ2) is 23.7. The van der Waals surface area contributed by atoms with Crippen molar-refractivity contribution in [1.82, 2.24) is 0 Å². The number of hydrogen-bond donors (Lipinski definition) is 0. The molecule has 1 heterocycles. The molecule has 75 heavy (non-hydrogen) atoms. The number of benzene rings is 5. The van der Waals surface area contributed by atoms with Crippen molar-refractivity contribution in [2.24, 2.45) is 10.8 Å². The first-order chi connectivity index (χ1) is 36.2. The summed E-state index contributed by atoms with van der Waals surface area (Å²) >= 11 is 3.67. The quantitative estimate of drug-likeness (QED) is 0.0794. The maximum absolute atomic E-state index is 15.1. The molecule has 3 aliphatic carbocycles. The van der Waals surface area contributed by atoms with Crippen LogP contribution in [0.2, 0.25) is 0 Å². The number of para-hydroxylation sites is 3. The van der Waals surface area contributed by atoms with Gasteiger partial charge >= 0.3 is 0 Å². The molecule has 0 N–H and O–H groups in total.